The zero-order valence-electron chi connectivity index (χ0n) is 17.8. The van der Waals surface area contributed by atoms with Gasteiger partial charge in [-0.3, -0.25) is 14.6 Å². The van der Waals surface area contributed by atoms with E-state index in [1.165, 1.54) is 17.3 Å². The number of hydrogen-bond donors (Lipinski definition) is 0. The fourth-order valence-corrected chi connectivity index (χ4v) is 3.93. The van der Waals surface area contributed by atoms with Gasteiger partial charge in [0.1, 0.15) is 11.9 Å². The lowest BCUT2D eigenvalue weighted by molar-refractivity contribution is 0.0256. The van der Waals surface area contributed by atoms with E-state index in [9.17, 15) is 13.6 Å². The van der Waals surface area contributed by atoms with Crippen molar-refractivity contribution in [1.82, 2.24) is 29.7 Å². The van der Waals surface area contributed by atoms with E-state index in [2.05, 4.69) is 20.2 Å². The van der Waals surface area contributed by atoms with Crippen molar-refractivity contribution in [2.75, 3.05) is 13.1 Å². The molecule has 1 unspecified atom stereocenters. The number of halogens is 2. The van der Waals surface area contributed by atoms with Crippen LogP contribution in [0.5, 0.6) is 5.75 Å². The van der Waals surface area contributed by atoms with Crippen LogP contribution in [0, 0.1) is 11.6 Å². The molecule has 11 heteroatoms. The zero-order chi connectivity index (χ0) is 22.9. The van der Waals surface area contributed by atoms with Gasteiger partial charge in [-0.2, -0.15) is 10.2 Å². The van der Waals surface area contributed by atoms with E-state index >= 15 is 0 Å². The lowest BCUT2D eigenvalue weighted by Crippen LogP contribution is -2.58. The van der Waals surface area contributed by atoms with Gasteiger partial charge in [0.15, 0.2) is 11.6 Å². The molecular formula is C22H21F2N7O2. The number of hydrogen-bond acceptors (Lipinski definition) is 6. The maximum atomic E-state index is 14.3. The standard InChI is InChI=1S/C22H21F2N7O2/c1-2-30-20(4-5-27-30)18-8-21(17(24)11-26-18)33-16-12-29(13-16)22(32)31-19(3-6-28-31)14-7-15(23)10-25-9-14/h4-11,16,19H,2-3,12-13H2,1H3. The molecule has 0 aliphatic carbocycles. The zero-order valence-corrected chi connectivity index (χ0v) is 17.8. The van der Waals surface area contributed by atoms with Crippen LogP contribution >= 0.6 is 0 Å². The summed E-state index contributed by atoms with van der Waals surface area (Å²) in [5, 5.41) is 9.69. The number of nitrogens with zero attached hydrogens (tertiary/aromatic N) is 7. The maximum Gasteiger partial charge on any atom is 0.341 e. The third kappa shape index (κ3) is 4.01. The first-order valence-electron chi connectivity index (χ1n) is 10.6. The van der Waals surface area contributed by atoms with Crippen molar-refractivity contribution in [3.05, 3.63) is 60.2 Å². The molecule has 5 rings (SSSR count). The molecule has 0 aromatic carbocycles. The monoisotopic (exact) mass is 453 g/mol. The SMILES string of the molecule is CCn1nccc1-c1cc(OC2CN(C(=O)N3N=CCC3c3cncc(F)c3)C2)c(F)cn1. The van der Waals surface area contributed by atoms with Gasteiger partial charge in [-0.25, -0.2) is 18.6 Å². The van der Waals surface area contributed by atoms with E-state index < -0.39 is 17.7 Å². The van der Waals surface area contributed by atoms with Crippen molar-refractivity contribution >= 4 is 12.2 Å². The van der Waals surface area contributed by atoms with E-state index in [-0.39, 0.29) is 31.0 Å². The van der Waals surface area contributed by atoms with Gasteiger partial charge < -0.3 is 9.64 Å². The normalized spacial score (nSPS) is 18.0. The van der Waals surface area contributed by atoms with Crippen LogP contribution in [0.4, 0.5) is 13.6 Å². The summed E-state index contributed by atoms with van der Waals surface area (Å²) in [6.07, 6.45) is 7.15. The Kier molecular flexibility index (Phi) is 5.45. The van der Waals surface area contributed by atoms with Crippen LogP contribution < -0.4 is 4.74 Å². The second-order valence-corrected chi connectivity index (χ2v) is 7.79. The van der Waals surface area contributed by atoms with Crippen LogP contribution in [0.15, 0.2) is 48.1 Å². The maximum absolute atomic E-state index is 14.3. The van der Waals surface area contributed by atoms with Gasteiger partial charge in [0.05, 0.1) is 42.9 Å². The minimum atomic E-state index is -0.575. The third-order valence-electron chi connectivity index (χ3n) is 5.65. The third-order valence-corrected chi connectivity index (χ3v) is 5.65. The van der Waals surface area contributed by atoms with Gasteiger partial charge >= 0.3 is 6.03 Å². The molecule has 9 nitrogen and oxygen atoms in total. The van der Waals surface area contributed by atoms with Crippen molar-refractivity contribution in [2.24, 2.45) is 5.10 Å². The smallest absolute Gasteiger partial charge is 0.341 e. The summed E-state index contributed by atoms with van der Waals surface area (Å²) in [4.78, 5) is 22.5. The van der Waals surface area contributed by atoms with Crippen LogP contribution in [0.1, 0.15) is 24.9 Å². The number of amides is 2. The Morgan fingerprint density at radius 1 is 1.21 bits per heavy atom. The number of carbonyl (C=O) groups is 1. The van der Waals surface area contributed by atoms with E-state index in [1.54, 1.807) is 34.1 Å². The first kappa shape index (κ1) is 21.0. The molecule has 33 heavy (non-hydrogen) atoms. The molecular weight excluding hydrogens is 432 g/mol. The summed E-state index contributed by atoms with van der Waals surface area (Å²) < 4.78 is 35.5. The lowest BCUT2D eigenvalue weighted by Gasteiger charge is -2.41. The van der Waals surface area contributed by atoms with Gasteiger partial charge in [0.2, 0.25) is 0 Å². The molecule has 0 radical (unpaired) electrons. The van der Waals surface area contributed by atoms with Gasteiger partial charge in [-0.15, -0.1) is 0 Å². The highest BCUT2D eigenvalue weighted by atomic mass is 19.1. The minimum Gasteiger partial charge on any atom is -0.483 e. The fourth-order valence-electron chi connectivity index (χ4n) is 3.93. The van der Waals surface area contributed by atoms with Crippen LogP contribution in [0.2, 0.25) is 0 Å². The summed E-state index contributed by atoms with van der Waals surface area (Å²) in [7, 11) is 0. The molecule has 0 N–H and O–H groups in total. The molecule has 1 saturated heterocycles. The Hall–Kier alpha value is -3.89. The number of carbonyl (C=O) groups excluding carboxylic acids is 1. The van der Waals surface area contributed by atoms with Crippen LogP contribution in [-0.4, -0.2) is 61.1 Å². The average Bonchev–Trinajstić information content (AvgIpc) is 3.46. The van der Waals surface area contributed by atoms with E-state index in [0.29, 0.717) is 24.2 Å². The molecule has 2 aliphatic rings. The Morgan fingerprint density at radius 3 is 2.85 bits per heavy atom. The van der Waals surface area contributed by atoms with Crippen molar-refractivity contribution in [3.63, 3.8) is 0 Å². The molecule has 2 aliphatic heterocycles. The van der Waals surface area contributed by atoms with Crippen molar-refractivity contribution in [2.45, 2.75) is 32.0 Å². The molecule has 0 bridgehead atoms. The van der Waals surface area contributed by atoms with Gasteiger partial charge in [-0.05, 0) is 24.6 Å². The Labute approximate surface area is 188 Å². The van der Waals surface area contributed by atoms with Gasteiger partial charge in [-0.1, -0.05) is 0 Å². The molecule has 170 valence electrons. The lowest BCUT2D eigenvalue weighted by atomic mass is 10.1. The molecule has 5 heterocycles. The first-order valence-corrected chi connectivity index (χ1v) is 10.6. The van der Waals surface area contributed by atoms with E-state index in [1.807, 2.05) is 6.92 Å². The number of hydrazone groups is 1. The van der Waals surface area contributed by atoms with Crippen molar-refractivity contribution in [1.29, 1.82) is 0 Å². The number of ether oxygens (including phenoxy) is 1. The molecule has 3 aromatic heterocycles. The average molecular weight is 453 g/mol. The molecule has 0 saturated carbocycles. The van der Waals surface area contributed by atoms with E-state index in [4.69, 9.17) is 4.74 Å². The Bertz CT molecular complexity index is 1210. The van der Waals surface area contributed by atoms with Gasteiger partial charge in [0.25, 0.3) is 0 Å². The van der Waals surface area contributed by atoms with E-state index in [0.717, 1.165) is 18.1 Å². The highest BCUT2D eigenvalue weighted by molar-refractivity contribution is 5.79. The number of aromatic nitrogens is 4. The number of likely N-dealkylation sites (tertiary alicyclic amines) is 1. The number of urea groups is 1. The highest BCUT2D eigenvalue weighted by Gasteiger charge is 2.39. The van der Waals surface area contributed by atoms with Gasteiger partial charge in [0, 0.05) is 37.6 Å². The highest BCUT2D eigenvalue weighted by Crippen LogP contribution is 2.31. The topological polar surface area (TPSA) is 88.7 Å². The summed E-state index contributed by atoms with van der Waals surface area (Å²) >= 11 is 0. The largest absolute Gasteiger partial charge is 0.483 e. The van der Waals surface area contributed by atoms with Crippen molar-refractivity contribution in [3.8, 4) is 17.1 Å². The molecule has 3 aromatic rings. The molecule has 1 fully saturated rings. The summed E-state index contributed by atoms with van der Waals surface area (Å²) in [5.74, 6) is -0.970. The number of pyridine rings is 2. The van der Waals surface area contributed by atoms with Crippen LogP contribution in [0.25, 0.3) is 11.4 Å². The summed E-state index contributed by atoms with van der Waals surface area (Å²) in [6, 6.07) is 3.96. The quantitative estimate of drug-likeness (QED) is 0.592. The molecule has 0 spiro atoms. The summed E-state index contributed by atoms with van der Waals surface area (Å²) in [6.45, 7) is 3.17. The van der Waals surface area contributed by atoms with Crippen LogP contribution in [0.3, 0.4) is 0 Å². The fraction of sp³-hybridized carbons (Fsp3) is 0.318. The summed E-state index contributed by atoms with van der Waals surface area (Å²) in [5.41, 5.74) is 1.89. The Morgan fingerprint density at radius 2 is 2.06 bits per heavy atom. The minimum absolute atomic E-state index is 0.0730. The Balaban J connectivity index is 1.23. The number of rotatable bonds is 5. The second-order valence-electron chi connectivity index (χ2n) is 7.79. The van der Waals surface area contributed by atoms with Crippen molar-refractivity contribution < 1.29 is 18.3 Å². The second kappa shape index (κ2) is 8.57. The predicted octanol–water partition coefficient (Wildman–Crippen LogP) is 3.25. The number of aryl methyl sites for hydroxylation is 1. The first-order chi connectivity index (χ1) is 16.0. The molecule has 2 amide bonds. The predicted molar refractivity (Wildman–Crippen MR) is 114 cm³/mol. The molecule has 1 atom stereocenters. The van der Waals surface area contributed by atoms with Crippen LogP contribution in [-0.2, 0) is 6.54 Å².